The van der Waals surface area contributed by atoms with E-state index in [1.807, 2.05) is 48.5 Å². The third-order valence-electron chi connectivity index (χ3n) is 4.81. The van der Waals surface area contributed by atoms with Gasteiger partial charge in [-0.3, -0.25) is 4.79 Å². The van der Waals surface area contributed by atoms with Gasteiger partial charge >= 0.3 is 5.97 Å². The van der Waals surface area contributed by atoms with E-state index in [4.69, 9.17) is 4.74 Å². The second-order valence-corrected chi connectivity index (χ2v) is 7.75. The molecule has 1 amide bonds. The summed E-state index contributed by atoms with van der Waals surface area (Å²) in [5.74, 6) is -0.446. The van der Waals surface area contributed by atoms with Gasteiger partial charge in [0.1, 0.15) is 0 Å². The molecule has 1 N–H and O–H groups in total. The fourth-order valence-corrected chi connectivity index (χ4v) is 3.24. The smallest absolute Gasteiger partial charge is 0.341 e. The average molecular weight is 405 g/mol. The van der Waals surface area contributed by atoms with Crippen LogP contribution >= 0.6 is 0 Å². The van der Waals surface area contributed by atoms with E-state index in [9.17, 15) is 9.59 Å². The molecule has 0 unspecified atom stereocenters. The molecule has 3 rings (SSSR count). The molecule has 0 aliphatic rings. The lowest BCUT2D eigenvalue weighted by molar-refractivity contribution is -0.119. The van der Waals surface area contributed by atoms with Crippen LogP contribution in [0.3, 0.4) is 0 Å². The Hall–Kier alpha value is -3.41. The molecule has 0 aliphatic heterocycles. The predicted octanol–water partition coefficient (Wildman–Crippen LogP) is 4.91. The molecule has 0 aliphatic carbocycles. The molecule has 2 aromatic carbocycles. The fourth-order valence-electron chi connectivity index (χ4n) is 3.24. The van der Waals surface area contributed by atoms with Crippen LogP contribution in [0.25, 0.3) is 5.69 Å². The minimum absolute atomic E-state index is 0.255. The molecule has 6 nitrogen and oxygen atoms in total. The zero-order valence-electron chi connectivity index (χ0n) is 17.8. The van der Waals surface area contributed by atoms with Crippen molar-refractivity contribution in [2.24, 2.45) is 0 Å². The van der Waals surface area contributed by atoms with E-state index in [1.165, 1.54) is 6.20 Å². The minimum Gasteiger partial charge on any atom is -0.452 e. The van der Waals surface area contributed by atoms with Crippen molar-refractivity contribution in [1.29, 1.82) is 0 Å². The van der Waals surface area contributed by atoms with E-state index < -0.39 is 5.97 Å². The molecule has 1 aromatic heterocycles. The van der Waals surface area contributed by atoms with E-state index in [2.05, 4.69) is 38.1 Å². The SMILES string of the molecule is CC(C)c1cccc(C(C)C)c1NC(=O)COC(=O)c1cnn(-c2ccccc2)c1. The van der Waals surface area contributed by atoms with Gasteiger partial charge in [-0.25, -0.2) is 9.48 Å². The lowest BCUT2D eigenvalue weighted by Crippen LogP contribution is -2.22. The van der Waals surface area contributed by atoms with Crippen LogP contribution in [0.2, 0.25) is 0 Å². The highest BCUT2D eigenvalue weighted by Crippen LogP contribution is 2.32. The largest absolute Gasteiger partial charge is 0.452 e. The van der Waals surface area contributed by atoms with Crippen LogP contribution in [-0.2, 0) is 9.53 Å². The minimum atomic E-state index is -0.589. The standard InChI is InChI=1S/C24H27N3O3/c1-16(2)20-11-8-12-21(17(3)4)23(20)26-22(28)15-30-24(29)18-13-25-27(14-18)19-9-6-5-7-10-19/h5-14,16-17H,15H2,1-4H3,(H,26,28). The number of nitrogens with zero attached hydrogens (tertiary/aromatic N) is 2. The Bertz CT molecular complexity index is 997. The molecule has 0 atom stereocenters. The number of aromatic nitrogens is 2. The van der Waals surface area contributed by atoms with E-state index in [1.54, 1.807) is 10.9 Å². The average Bonchev–Trinajstić information content (AvgIpc) is 3.23. The Kier molecular flexibility index (Phi) is 6.67. The highest BCUT2D eigenvalue weighted by molar-refractivity contribution is 5.96. The molecule has 6 heteroatoms. The van der Waals surface area contributed by atoms with Crippen LogP contribution in [0.15, 0.2) is 60.9 Å². The summed E-state index contributed by atoms with van der Waals surface area (Å²) in [5, 5.41) is 7.12. The molecule has 0 saturated carbocycles. The molecule has 0 bridgehead atoms. The lowest BCUT2D eigenvalue weighted by Gasteiger charge is -2.20. The second-order valence-electron chi connectivity index (χ2n) is 7.75. The van der Waals surface area contributed by atoms with Gasteiger partial charge < -0.3 is 10.1 Å². The first-order chi connectivity index (χ1) is 14.4. The quantitative estimate of drug-likeness (QED) is 0.567. The summed E-state index contributed by atoms with van der Waals surface area (Å²) in [4.78, 5) is 24.9. The van der Waals surface area contributed by atoms with Crippen molar-refractivity contribution in [2.75, 3.05) is 11.9 Å². The monoisotopic (exact) mass is 405 g/mol. The second kappa shape index (κ2) is 9.39. The van der Waals surface area contributed by atoms with Gasteiger partial charge in [-0.2, -0.15) is 5.10 Å². The predicted molar refractivity (Wildman–Crippen MR) is 117 cm³/mol. The fraction of sp³-hybridized carbons (Fsp3) is 0.292. The molecular weight excluding hydrogens is 378 g/mol. The van der Waals surface area contributed by atoms with Gasteiger partial charge in [0.2, 0.25) is 0 Å². The highest BCUT2D eigenvalue weighted by atomic mass is 16.5. The number of ether oxygens (including phenoxy) is 1. The van der Waals surface area contributed by atoms with Crippen LogP contribution < -0.4 is 5.32 Å². The van der Waals surface area contributed by atoms with Crippen LogP contribution in [0, 0.1) is 0 Å². The Morgan fingerprint density at radius 2 is 1.60 bits per heavy atom. The van der Waals surface area contributed by atoms with Gasteiger partial charge in [-0.1, -0.05) is 64.1 Å². The maximum atomic E-state index is 12.5. The Labute approximate surface area is 176 Å². The van der Waals surface area contributed by atoms with Gasteiger partial charge in [0.05, 0.1) is 17.4 Å². The van der Waals surface area contributed by atoms with Gasteiger partial charge in [0, 0.05) is 11.9 Å². The van der Waals surface area contributed by atoms with E-state index >= 15 is 0 Å². The molecule has 156 valence electrons. The van der Waals surface area contributed by atoms with Crippen molar-refractivity contribution < 1.29 is 14.3 Å². The van der Waals surface area contributed by atoms with Crippen molar-refractivity contribution in [3.8, 4) is 5.69 Å². The third kappa shape index (κ3) is 4.95. The first kappa shape index (κ1) is 21.3. The summed E-state index contributed by atoms with van der Waals surface area (Å²) in [5.41, 5.74) is 4.05. The Balaban J connectivity index is 1.66. The molecule has 3 aromatic rings. The van der Waals surface area contributed by atoms with Crippen molar-refractivity contribution in [3.63, 3.8) is 0 Å². The number of hydrogen-bond acceptors (Lipinski definition) is 4. The number of nitrogens with one attached hydrogen (secondary N) is 1. The number of carbonyl (C=O) groups is 2. The molecule has 30 heavy (non-hydrogen) atoms. The first-order valence-electron chi connectivity index (χ1n) is 10.1. The summed E-state index contributed by atoms with van der Waals surface area (Å²) < 4.78 is 6.80. The van der Waals surface area contributed by atoms with Gasteiger partial charge in [-0.15, -0.1) is 0 Å². The van der Waals surface area contributed by atoms with Crippen LogP contribution in [0.5, 0.6) is 0 Å². The number of esters is 1. The van der Waals surface area contributed by atoms with E-state index in [0.29, 0.717) is 0 Å². The highest BCUT2D eigenvalue weighted by Gasteiger charge is 2.18. The molecule has 0 radical (unpaired) electrons. The maximum Gasteiger partial charge on any atom is 0.341 e. The summed E-state index contributed by atoms with van der Waals surface area (Å²) in [6, 6.07) is 15.5. The molecule has 0 saturated heterocycles. The van der Waals surface area contributed by atoms with Crippen molar-refractivity contribution in [1.82, 2.24) is 9.78 Å². The molecular formula is C24H27N3O3. The van der Waals surface area contributed by atoms with Gasteiger partial charge in [0.25, 0.3) is 5.91 Å². The van der Waals surface area contributed by atoms with Crippen LogP contribution in [0.4, 0.5) is 5.69 Å². The van der Waals surface area contributed by atoms with Gasteiger partial charge in [-0.05, 0) is 35.1 Å². The van der Waals surface area contributed by atoms with Crippen molar-refractivity contribution >= 4 is 17.6 Å². The van der Waals surface area contributed by atoms with Crippen LogP contribution in [-0.4, -0.2) is 28.3 Å². The third-order valence-corrected chi connectivity index (χ3v) is 4.81. The summed E-state index contributed by atoms with van der Waals surface area (Å²) in [6.07, 6.45) is 3.01. The molecule has 1 heterocycles. The number of rotatable bonds is 7. The normalized spacial score (nSPS) is 11.0. The number of anilines is 1. The zero-order valence-corrected chi connectivity index (χ0v) is 17.8. The molecule has 0 fully saturated rings. The van der Waals surface area contributed by atoms with Crippen molar-refractivity contribution in [2.45, 2.75) is 39.5 Å². The van der Waals surface area contributed by atoms with E-state index in [0.717, 1.165) is 22.5 Å². The molecule has 0 spiro atoms. The Morgan fingerprint density at radius 3 is 2.20 bits per heavy atom. The Morgan fingerprint density at radius 1 is 0.967 bits per heavy atom. The lowest BCUT2D eigenvalue weighted by atomic mass is 9.92. The van der Waals surface area contributed by atoms with Crippen LogP contribution in [0.1, 0.15) is 61.0 Å². The van der Waals surface area contributed by atoms with E-state index in [-0.39, 0.29) is 29.9 Å². The van der Waals surface area contributed by atoms with Gasteiger partial charge in [0.15, 0.2) is 6.61 Å². The number of carbonyl (C=O) groups excluding carboxylic acids is 2. The topological polar surface area (TPSA) is 73.2 Å². The first-order valence-corrected chi connectivity index (χ1v) is 10.1. The summed E-state index contributed by atoms with van der Waals surface area (Å²) in [7, 11) is 0. The number of hydrogen-bond donors (Lipinski definition) is 1. The summed E-state index contributed by atoms with van der Waals surface area (Å²) in [6.45, 7) is 7.97. The number of para-hydroxylation sites is 2. The number of benzene rings is 2. The zero-order chi connectivity index (χ0) is 21.7. The number of amides is 1. The summed E-state index contributed by atoms with van der Waals surface area (Å²) >= 11 is 0. The maximum absolute atomic E-state index is 12.5. The van der Waals surface area contributed by atoms with Crippen molar-refractivity contribution in [3.05, 3.63) is 77.6 Å².